The van der Waals surface area contributed by atoms with Crippen LogP contribution in [0.15, 0.2) is 12.1 Å². The second-order valence-electron chi connectivity index (χ2n) is 2.66. The molecule has 0 aliphatic rings. The van der Waals surface area contributed by atoms with Gasteiger partial charge in [0, 0.05) is 0 Å². The van der Waals surface area contributed by atoms with Gasteiger partial charge in [0.2, 0.25) is 0 Å². The van der Waals surface area contributed by atoms with E-state index in [1.54, 1.807) is 21.3 Å². The second-order valence-corrected chi connectivity index (χ2v) is 2.66. The molecule has 0 heterocycles. The Balaban J connectivity index is 3.20. The molecule has 0 aromatic heterocycles. The quantitative estimate of drug-likeness (QED) is 0.625. The third kappa shape index (κ3) is 2.12. The van der Waals surface area contributed by atoms with Gasteiger partial charge in [-0.15, -0.1) is 0 Å². The van der Waals surface area contributed by atoms with Crippen LogP contribution in [-0.4, -0.2) is 39.0 Å². The summed E-state index contributed by atoms with van der Waals surface area (Å²) in [5.41, 5.74) is 0. The fourth-order valence-corrected chi connectivity index (χ4v) is 1.18. The molecule has 1 aromatic rings. The molecule has 66 valence electrons. The molecule has 0 unspecified atom stereocenters. The summed E-state index contributed by atoms with van der Waals surface area (Å²) in [4.78, 5) is 0. The van der Waals surface area contributed by atoms with Crippen molar-refractivity contribution in [2.24, 2.45) is 0 Å². The van der Waals surface area contributed by atoms with Crippen LogP contribution in [0.4, 0.5) is 0 Å². The third-order valence-electron chi connectivity index (χ3n) is 1.96. The minimum absolute atomic E-state index is 0.735. The Bertz CT molecular complexity index is 274. The van der Waals surface area contributed by atoms with Gasteiger partial charge in [-0.25, -0.2) is 0 Å². The molecule has 13 heavy (non-hydrogen) atoms. The number of ether oxygens (including phenoxy) is 3. The summed E-state index contributed by atoms with van der Waals surface area (Å²) in [6.45, 7) is 0. The predicted octanol–water partition coefficient (Wildman–Crippen LogP) is 0.506. The molecular formula is C9H11LiO3. The van der Waals surface area contributed by atoms with Crippen molar-refractivity contribution in [1.29, 1.82) is 0 Å². The molecule has 3 nitrogen and oxygen atoms in total. The molecule has 4 heteroatoms. The molecule has 0 radical (unpaired) electrons. The fraction of sp³-hybridized carbons (Fsp3) is 0.333. The summed E-state index contributed by atoms with van der Waals surface area (Å²) in [6.07, 6.45) is 0. The van der Waals surface area contributed by atoms with E-state index in [4.69, 9.17) is 14.2 Å². The van der Waals surface area contributed by atoms with Crippen LogP contribution in [0, 0.1) is 0 Å². The van der Waals surface area contributed by atoms with Gasteiger partial charge in [-0.2, -0.15) is 0 Å². The van der Waals surface area contributed by atoms with Crippen LogP contribution in [0.2, 0.25) is 0 Å². The molecular weight excluding hydrogens is 163 g/mol. The van der Waals surface area contributed by atoms with Crippen molar-refractivity contribution < 1.29 is 14.2 Å². The molecule has 0 bridgehead atoms. The topological polar surface area (TPSA) is 27.7 Å². The van der Waals surface area contributed by atoms with Crippen LogP contribution in [0.25, 0.3) is 0 Å². The summed E-state index contributed by atoms with van der Waals surface area (Å²) in [6, 6.07) is 3.66. The van der Waals surface area contributed by atoms with Gasteiger partial charge >= 0.3 is 86.9 Å². The maximum absolute atomic E-state index is 5.17. The summed E-state index contributed by atoms with van der Waals surface area (Å²) in [5.74, 6) is 2.28. The number of rotatable bonds is 3. The van der Waals surface area contributed by atoms with E-state index in [2.05, 4.69) is 0 Å². The Hall–Kier alpha value is -0.783. The Morgan fingerprint density at radius 2 is 1.38 bits per heavy atom. The number of hydrogen-bond donors (Lipinski definition) is 0. The van der Waals surface area contributed by atoms with Crippen molar-refractivity contribution in [2.75, 3.05) is 21.3 Å². The zero-order valence-electron chi connectivity index (χ0n) is 8.38. The molecule has 0 fully saturated rings. The van der Waals surface area contributed by atoms with Gasteiger partial charge in [0.15, 0.2) is 0 Å². The van der Waals surface area contributed by atoms with Crippen LogP contribution < -0.4 is 18.4 Å². The Morgan fingerprint density at radius 1 is 0.923 bits per heavy atom. The van der Waals surface area contributed by atoms with E-state index < -0.39 is 0 Å². The summed E-state index contributed by atoms with van der Waals surface area (Å²) < 4.78 is 16.4. The summed E-state index contributed by atoms with van der Waals surface area (Å²) in [5, 5.41) is 0. The van der Waals surface area contributed by atoms with E-state index in [1.165, 1.54) is 0 Å². The van der Waals surface area contributed by atoms with Crippen LogP contribution in [0.1, 0.15) is 0 Å². The second kappa shape index (κ2) is 4.45. The van der Waals surface area contributed by atoms with Crippen LogP contribution >= 0.6 is 0 Å². The number of methoxy groups -OCH3 is 3. The van der Waals surface area contributed by atoms with Crippen LogP contribution in [0.5, 0.6) is 17.2 Å². The van der Waals surface area contributed by atoms with Crippen molar-refractivity contribution in [3.63, 3.8) is 0 Å². The third-order valence-corrected chi connectivity index (χ3v) is 1.96. The molecule has 1 aromatic carbocycles. The van der Waals surface area contributed by atoms with Gasteiger partial charge in [0.1, 0.15) is 0 Å². The SMILES string of the molecule is [Li][c]1c(OC)cc(OC)cc1OC. The Morgan fingerprint density at radius 3 is 1.69 bits per heavy atom. The van der Waals surface area contributed by atoms with E-state index in [0.29, 0.717) is 0 Å². The van der Waals surface area contributed by atoms with E-state index in [-0.39, 0.29) is 0 Å². The first-order valence-corrected chi connectivity index (χ1v) is 3.99. The molecule has 0 aliphatic heterocycles. The molecule has 0 saturated heterocycles. The van der Waals surface area contributed by atoms with Crippen molar-refractivity contribution in [3.8, 4) is 17.2 Å². The predicted molar refractivity (Wildman–Crippen MR) is 51.5 cm³/mol. The molecule has 0 saturated carbocycles. The van der Waals surface area contributed by atoms with Crippen molar-refractivity contribution in [1.82, 2.24) is 0 Å². The average Bonchev–Trinajstić information content (AvgIpc) is 2.18. The van der Waals surface area contributed by atoms with Gasteiger partial charge in [-0.3, -0.25) is 0 Å². The van der Waals surface area contributed by atoms with Crippen LogP contribution in [0.3, 0.4) is 0 Å². The molecule has 0 N–H and O–H groups in total. The Kier molecular flexibility index (Phi) is 3.53. The van der Waals surface area contributed by atoms with Crippen molar-refractivity contribution in [2.45, 2.75) is 0 Å². The van der Waals surface area contributed by atoms with Crippen LogP contribution in [-0.2, 0) is 0 Å². The summed E-state index contributed by atoms with van der Waals surface area (Å²) >= 11 is 1.94. The fourth-order valence-electron chi connectivity index (χ4n) is 1.18. The van der Waals surface area contributed by atoms with Gasteiger partial charge in [-0.1, -0.05) is 0 Å². The molecule has 0 aliphatic carbocycles. The average molecular weight is 174 g/mol. The minimum atomic E-state index is 0.735. The van der Waals surface area contributed by atoms with Gasteiger partial charge < -0.3 is 0 Å². The van der Waals surface area contributed by atoms with Crippen molar-refractivity contribution >= 4 is 22.0 Å². The van der Waals surface area contributed by atoms with Gasteiger partial charge in [-0.05, 0) is 0 Å². The number of hydrogen-bond acceptors (Lipinski definition) is 3. The monoisotopic (exact) mass is 174 g/mol. The zero-order valence-corrected chi connectivity index (χ0v) is 8.38. The summed E-state index contributed by atoms with van der Waals surface area (Å²) in [7, 11) is 4.87. The molecule has 0 amide bonds. The van der Waals surface area contributed by atoms with E-state index in [9.17, 15) is 0 Å². The first-order chi connectivity index (χ1) is 6.22. The van der Waals surface area contributed by atoms with Gasteiger partial charge in [0.05, 0.1) is 0 Å². The van der Waals surface area contributed by atoms with E-state index in [0.717, 1.165) is 21.5 Å². The van der Waals surface area contributed by atoms with E-state index >= 15 is 0 Å². The normalized spacial score (nSPS) is 9.62. The maximum atomic E-state index is 5.17. The molecule has 1 rings (SSSR count). The van der Waals surface area contributed by atoms with E-state index in [1.807, 2.05) is 29.8 Å². The first kappa shape index (κ1) is 10.3. The number of benzene rings is 1. The molecule has 0 atom stereocenters. The van der Waals surface area contributed by atoms with Crippen molar-refractivity contribution in [3.05, 3.63) is 12.1 Å². The molecule has 0 spiro atoms. The zero-order chi connectivity index (χ0) is 9.84. The van der Waals surface area contributed by atoms with Gasteiger partial charge in [0.25, 0.3) is 0 Å². The first-order valence-electron chi connectivity index (χ1n) is 3.99. The Labute approximate surface area is 87.2 Å². The standard InChI is InChI=1S/C9H11O3.Li/c1-10-7-4-8(11-2)6-9(5-7)12-3;/h4-5H,1-3H3;.